The molecule has 6 nitrogen and oxygen atoms in total. The highest BCUT2D eigenvalue weighted by Gasteiger charge is 2.42. The molecule has 4 rings (SSSR count). The van der Waals surface area contributed by atoms with E-state index in [1.54, 1.807) is 23.1 Å². The smallest absolute Gasteiger partial charge is 0.266 e. The molecule has 2 aromatic rings. The molecule has 1 atom stereocenters. The number of oxazole rings is 1. The maximum Gasteiger partial charge on any atom is 0.266 e. The number of carbonyl (C=O) groups is 1. The maximum atomic E-state index is 12.9. The number of hydrogen-bond donors (Lipinski definition) is 1. The molecule has 8 heteroatoms. The Morgan fingerprint density at radius 2 is 2.04 bits per heavy atom. The predicted octanol–water partition coefficient (Wildman–Crippen LogP) is 2.28. The molecule has 1 N–H and O–H groups in total. The molecule has 1 aliphatic carbocycles. The summed E-state index contributed by atoms with van der Waals surface area (Å²) in [4.78, 5) is 17.9. The maximum absolute atomic E-state index is 12.9. The second kappa shape index (κ2) is 5.17. The minimum absolute atomic E-state index is 0.0717. The zero-order chi connectivity index (χ0) is 16.2. The predicted molar refractivity (Wildman–Crippen MR) is 87.6 cm³/mol. The monoisotopic (exact) mass is 352 g/mol. The molecule has 2 fully saturated rings. The highest BCUT2D eigenvalue weighted by Crippen LogP contribution is 2.33. The molecule has 2 heterocycles. The third kappa shape index (κ3) is 2.81. The van der Waals surface area contributed by atoms with Crippen molar-refractivity contribution in [3.05, 3.63) is 28.6 Å². The third-order valence-electron chi connectivity index (χ3n) is 4.44. The molecule has 122 valence electrons. The van der Waals surface area contributed by atoms with Crippen molar-refractivity contribution in [3.63, 3.8) is 0 Å². The third-order valence-corrected chi connectivity index (χ3v) is 6.38. The van der Waals surface area contributed by atoms with Crippen LogP contribution in [0.15, 0.2) is 22.6 Å². The van der Waals surface area contributed by atoms with Crippen LogP contribution in [0, 0.1) is 4.84 Å². The summed E-state index contributed by atoms with van der Waals surface area (Å²) in [6.07, 6.45) is 2.41. The Bertz CT molecular complexity index is 940. The van der Waals surface area contributed by atoms with Crippen molar-refractivity contribution in [3.8, 4) is 0 Å². The molecule has 1 aliphatic heterocycles. The van der Waals surface area contributed by atoms with Crippen LogP contribution in [0.2, 0.25) is 0 Å². The van der Waals surface area contributed by atoms with Crippen LogP contribution in [0.4, 0.5) is 0 Å². The van der Waals surface area contributed by atoms with Gasteiger partial charge in [-0.2, -0.15) is 0 Å². The first-order chi connectivity index (χ1) is 10.9. The number of nitrogens with zero attached hydrogens (tertiary/aromatic N) is 1. The number of aromatic nitrogens is 1. The summed E-state index contributed by atoms with van der Waals surface area (Å²) in [7, 11) is -3.02. The summed E-state index contributed by atoms with van der Waals surface area (Å²) in [5.41, 5.74) is 1.79. The van der Waals surface area contributed by atoms with Gasteiger partial charge in [-0.05, 0) is 49.7 Å². The van der Waals surface area contributed by atoms with Crippen molar-refractivity contribution in [2.24, 2.45) is 0 Å². The van der Waals surface area contributed by atoms with Gasteiger partial charge >= 0.3 is 0 Å². The quantitative estimate of drug-likeness (QED) is 0.857. The van der Waals surface area contributed by atoms with Crippen molar-refractivity contribution in [2.75, 3.05) is 11.5 Å². The molecule has 0 spiro atoms. The van der Waals surface area contributed by atoms with E-state index in [-0.39, 0.29) is 34.3 Å². The van der Waals surface area contributed by atoms with E-state index in [0.29, 0.717) is 17.6 Å². The Morgan fingerprint density at radius 3 is 2.70 bits per heavy atom. The number of amides is 1. The van der Waals surface area contributed by atoms with Crippen LogP contribution in [0.25, 0.3) is 11.1 Å². The molecular weight excluding hydrogens is 336 g/mol. The van der Waals surface area contributed by atoms with E-state index in [1.807, 2.05) is 0 Å². The van der Waals surface area contributed by atoms with Crippen LogP contribution in [-0.4, -0.2) is 47.8 Å². The van der Waals surface area contributed by atoms with Crippen molar-refractivity contribution < 1.29 is 17.6 Å². The van der Waals surface area contributed by atoms with E-state index in [1.165, 1.54) is 0 Å². The normalized spacial score (nSPS) is 23.2. The molecule has 1 amide bonds. The molecule has 1 saturated heterocycles. The summed E-state index contributed by atoms with van der Waals surface area (Å²) in [5, 5.41) is 0. The molecule has 0 radical (unpaired) electrons. The molecule has 2 aliphatic rings. The lowest BCUT2D eigenvalue weighted by atomic mass is 10.1. The summed E-state index contributed by atoms with van der Waals surface area (Å²) in [6, 6.07) is 5.10. The summed E-state index contributed by atoms with van der Waals surface area (Å²) in [5.74, 6) is 0.112. The average Bonchev–Trinajstić information content (AvgIpc) is 3.14. The number of nitrogens with one attached hydrogen (secondary N) is 1. The Morgan fingerprint density at radius 1 is 1.26 bits per heavy atom. The number of benzene rings is 1. The number of hydrogen-bond acceptors (Lipinski definition) is 5. The Balaban J connectivity index is 1.67. The molecule has 1 aromatic carbocycles. The van der Waals surface area contributed by atoms with E-state index in [0.717, 1.165) is 18.4 Å². The Labute approximate surface area is 138 Å². The number of fused-ring (bicyclic) bond motifs is 1. The van der Waals surface area contributed by atoms with E-state index in [2.05, 4.69) is 4.98 Å². The van der Waals surface area contributed by atoms with Gasteiger partial charge in [0.1, 0.15) is 0 Å². The van der Waals surface area contributed by atoms with E-state index < -0.39 is 9.84 Å². The van der Waals surface area contributed by atoms with Gasteiger partial charge in [0.25, 0.3) is 10.7 Å². The van der Waals surface area contributed by atoms with E-state index >= 15 is 0 Å². The van der Waals surface area contributed by atoms with Gasteiger partial charge in [-0.15, -0.1) is 0 Å². The average molecular weight is 352 g/mol. The van der Waals surface area contributed by atoms with Gasteiger partial charge in [0.2, 0.25) is 0 Å². The SMILES string of the molecule is O=C(c1ccc2[nH]c(=S)oc2c1)N(C1CC1)[C@@H]1CCS(=O)(=O)C1. The lowest BCUT2D eigenvalue weighted by molar-refractivity contribution is 0.0681. The van der Waals surface area contributed by atoms with E-state index in [4.69, 9.17) is 16.6 Å². The fourth-order valence-corrected chi connectivity index (χ4v) is 5.12. The topological polar surface area (TPSA) is 83.4 Å². The van der Waals surface area contributed by atoms with Gasteiger partial charge < -0.3 is 14.3 Å². The van der Waals surface area contributed by atoms with Crippen molar-refractivity contribution in [1.82, 2.24) is 9.88 Å². The summed E-state index contributed by atoms with van der Waals surface area (Å²) >= 11 is 4.95. The van der Waals surface area contributed by atoms with Crippen molar-refractivity contribution >= 4 is 39.1 Å². The standard InChI is InChI=1S/C15H16N2O4S2/c18-14(9-1-4-12-13(7-9)21-15(22)16-12)17(10-2-3-10)11-5-6-23(19,20)8-11/h1,4,7,10-11H,2-3,5-6,8H2,(H,16,22)/t11-/m1/s1. The zero-order valence-corrected chi connectivity index (χ0v) is 14.0. The molecule has 1 aromatic heterocycles. The molecule has 1 saturated carbocycles. The highest BCUT2D eigenvalue weighted by atomic mass is 32.2. The van der Waals surface area contributed by atoms with Crippen LogP contribution in [0.1, 0.15) is 29.6 Å². The number of H-pyrrole nitrogens is 1. The van der Waals surface area contributed by atoms with Crippen molar-refractivity contribution in [2.45, 2.75) is 31.3 Å². The molecule has 23 heavy (non-hydrogen) atoms. The van der Waals surface area contributed by atoms with Gasteiger partial charge in [-0.25, -0.2) is 8.42 Å². The molecule has 0 unspecified atom stereocenters. The second-order valence-corrected chi connectivity index (χ2v) is 8.83. The van der Waals surface area contributed by atoms with Crippen molar-refractivity contribution in [1.29, 1.82) is 0 Å². The number of aromatic amines is 1. The van der Waals surface area contributed by atoms with E-state index in [9.17, 15) is 13.2 Å². The fraction of sp³-hybridized carbons (Fsp3) is 0.467. The minimum atomic E-state index is -3.02. The van der Waals surface area contributed by atoms with Gasteiger partial charge in [0.15, 0.2) is 15.4 Å². The van der Waals surface area contributed by atoms with Gasteiger partial charge in [0.05, 0.1) is 17.0 Å². The Kier molecular flexibility index (Phi) is 3.35. The van der Waals surface area contributed by atoms with Gasteiger partial charge in [0, 0.05) is 17.6 Å². The summed E-state index contributed by atoms with van der Waals surface area (Å²) in [6.45, 7) is 0. The van der Waals surface area contributed by atoms with Crippen LogP contribution >= 0.6 is 12.2 Å². The zero-order valence-electron chi connectivity index (χ0n) is 12.3. The number of carbonyl (C=O) groups excluding carboxylic acids is 1. The molecule has 0 bridgehead atoms. The lowest BCUT2D eigenvalue weighted by Gasteiger charge is -2.28. The first-order valence-corrected chi connectivity index (χ1v) is 9.82. The molecular formula is C15H16N2O4S2. The minimum Gasteiger partial charge on any atom is -0.429 e. The fourth-order valence-electron chi connectivity index (χ4n) is 3.20. The van der Waals surface area contributed by atoms with Gasteiger partial charge in [-0.3, -0.25) is 4.79 Å². The Hall–Kier alpha value is -1.67. The van der Waals surface area contributed by atoms with Gasteiger partial charge in [-0.1, -0.05) is 0 Å². The van der Waals surface area contributed by atoms with Crippen LogP contribution < -0.4 is 0 Å². The first-order valence-electron chi connectivity index (χ1n) is 7.59. The number of sulfone groups is 1. The largest absolute Gasteiger partial charge is 0.429 e. The van der Waals surface area contributed by atoms with Crippen LogP contribution in [-0.2, 0) is 9.84 Å². The lowest BCUT2D eigenvalue weighted by Crippen LogP contribution is -2.42. The summed E-state index contributed by atoms with van der Waals surface area (Å²) < 4.78 is 28.9. The first kappa shape index (κ1) is 14.9. The van der Waals surface area contributed by atoms with Crippen LogP contribution in [0.3, 0.4) is 0 Å². The second-order valence-electron chi connectivity index (χ2n) is 6.23. The van der Waals surface area contributed by atoms with Crippen LogP contribution in [0.5, 0.6) is 0 Å². The highest BCUT2D eigenvalue weighted by molar-refractivity contribution is 7.91. The number of rotatable bonds is 3.